The molecule has 0 spiro atoms. The second-order valence-electron chi connectivity index (χ2n) is 6.74. The summed E-state index contributed by atoms with van der Waals surface area (Å²) in [6.45, 7) is 8.69. The van der Waals surface area contributed by atoms with Crippen LogP contribution in [0.15, 0.2) is 12.2 Å². The van der Waals surface area contributed by atoms with E-state index in [1.54, 1.807) is 20.8 Å². The fourth-order valence-electron chi connectivity index (χ4n) is 1.70. The van der Waals surface area contributed by atoms with Gasteiger partial charge in [0.1, 0.15) is 24.9 Å². The Balaban J connectivity index is 4.48. The minimum atomic E-state index is -1.09. The molecule has 0 fully saturated rings. The van der Waals surface area contributed by atoms with Gasteiger partial charge in [0, 0.05) is 0 Å². The van der Waals surface area contributed by atoms with Gasteiger partial charge in [-0.1, -0.05) is 13.8 Å². The van der Waals surface area contributed by atoms with Crippen molar-refractivity contribution in [1.82, 2.24) is 5.32 Å². The second-order valence-corrected chi connectivity index (χ2v) is 6.74. The summed E-state index contributed by atoms with van der Waals surface area (Å²) in [5.41, 5.74) is 7.55. The van der Waals surface area contributed by atoms with Crippen LogP contribution in [0.4, 0.5) is 4.79 Å². The van der Waals surface area contributed by atoms with Gasteiger partial charge in [-0.2, -0.15) is 4.79 Å². The summed E-state index contributed by atoms with van der Waals surface area (Å²) in [6, 6.07) is -0.849. The van der Waals surface area contributed by atoms with Gasteiger partial charge in [0.2, 0.25) is 0 Å². The van der Waals surface area contributed by atoms with E-state index in [4.69, 9.17) is 16.4 Å². The minimum absolute atomic E-state index is 0.0944. The van der Waals surface area contributed by atoms with Crippen LogP contribution in [0.1, 0.15) is 42.4 Å². The van der Waals surface area contributed by atoms with Crippen LogP contribution in [-0.4, -0.2) is 53.9 Å². The van der Waals surface area contributed by atoms with Crippen molar-refractivity contribution in [2.75, 3.05) is 13.2 Å². The van der Waals surface area contributed by atoms with Gasteiger partial charge in [0.25, 0.3) is 0 Å². The molecule has 0 aromatic carbocycles. The molecule has 146 valence electrons. The zero-order chi connectivity index (χ0) is 21.0. The molecule has 26 heavy (non-hydrogen) atoms. The molecule has 0 rings (SSSR count). The Hall–Kier alpha value is -2.67. The largest absolute Gasteiger partial charge is 0.460 e. The maximum atomic E-state index is 12.2. The molecule has 0 unspecified atom stereocenters. The van der Waals surface area contributed by atoms with E-state index in [0.29, 0.717) is 6.42 Å². The van der Waals surface area contributed by atoms with Gasteiger partial charge in [-0.25, -0.2) is 14.4 Å². The fourth-order valence-corrected chi connectivity index (χ4v) is 1.70. The molecule has 0 aromatic heterocycles. The smallest absolute Gasteiger partial charge is 0.413 e. The van der Waals surface area contributed by atoms with Crippen molar-refractivity contribution in [2.45, 2.75) is 52.7 Å². The summed E-state index contributed by atoms with van der Waals surface area (Å²) in [4.78, 5) is 37.5. The lowest BCUT2D eigenvalue weighted by atomic mass is 10.0. The van der Waals surface area contributed by atoms with E-state index in [1.165, 1.54) is 12.2 Å². The molecule has 0 saturated heterocycles. The van der Waals surface area contributed by atoms with Crippen LogP contribution >= 0.6 is 0 Å². The zero-order valence-electron chi connectivity index (χ0n) is 16.8. The fraction of sp³-hybridized carbons (Fsp3) is 0.647. The average Bonchev–Trinajstić information content (AvgIpc) is 2.53. The van der Waals surface area contributed by atoms with Gasteiger partial charge >= 0.3 is 24.2 Å². The summed E-state index contributed by atoms with van der Waals surface area (Å²) in [5, 5.41) is 2.50. The number of esters is 2. The SMILES string of the molecule is [2H]C(=[N+]=[N-])C(=O)OC/C=C/COC(=O)[C@H](CC(C)C)NC(=O)OC(C)(C)C. The summed E-state index contributed by atoms with van der Waals surface area (Å²) in [6.07, 6.45) is 1.59. The number of rotatable bonds is 9. The molecule has 0 aliphatic heterocycles. The van der Waals surface area contributed by atoms with Crippen molar-refractivity contribution in [3.8, 4) is 0 Å². The number of carbonyl (C=O) groups is 3. The van der Waals surface area contributed by atoms with Crippen molar-refractivity contribution in [2.24, 2.45) is 5.92 Å². The molecular weight excluding hydrogens is 342 g/mol. The van der Waals surface area contributed by atoms with E-state index in [2.05, 4.69) is 14.8 Å². The van der Waals surface area contributed by atoms with Crippen molar-refractivity contribution in [3.63, 3.8) is 0 Å². The van der Waals surface area contributed by atoms with E-state index in [9.17, 15) is 14.4 Å². The molecule has 1 N–H and O–H groups in total. The molecule has 0 heterocycles. The second kappa shape index (κ2) is 11.8. The van der Waals surface area contributed by atoms with Gasteiger partial charge < -0.3 is 25.1 Å². The highest BCUT2D eigenvalue weighted by molar-refractivity contribution is 6.20. The molecule has 1 atom stereocenters. The Bertz CT molecular complexity index is 606. The first-order valence-corrected chi connectivity index (χ1v) is 8.13. The maximum Gasteiger partial charge on any atom is 0.413 e. The number of nitrogens with one attached hydrogen (secondary N) is 1. The lowest BCUT2D eigenvalue weighted by molar-refractivity contribution is -0.145. The molecular formula is C17H27N3O6. The van der Waals surface area contributed by atoms with Gasteiger partial charge in [0.05, 0.1) is 0 Å². The molecule has 0 saturated carbocycles. The third-order valence-electron chi connectivity index (χ3n) is 2.62. The standard InChI is InChI=1S/C17H27N3O6/c1-12(2)10-13(20-16(23)26-17(3,4)5)15(22)25-9-7-6-8-24-14(21)11-19-18/h6-7,11-13H,8-10H2,1-5H3,(H,20,23)/b7-6+/t13-/m0/s1/i11D. The third kappa shape index (κ3) is 12.7. The van der Waals surface area contributed by atoms with E-state index in [-0.39, 0.29) is 19.1 Å². The summed E-state index contributed by atoms with van der Waals surface area (Å²) in [7, 11) is 0. The van der Waals surface area contributed by atoms with Gasteiger partial charge in [0.15, 0.2) is 1.37 Å². The van der Waals surface area contributed by atoms with Crippen molar-refractivity contribution >= 4 is 24.2 Å². The lowest BCUT2D eigenvalue weighted by Gasteiger charge is -2.23. The molecule has 0 aliphatic rings. The normalized spacial score (nSPS) is 12.8. The molecule has 9 nitrogen and oxygen atoms in total. The highest BCUT2D eigenvalue weighted by atomic mass is 16.6. The molecule has 0 bridgehead atoms. The molecule has 0 radical (unpaired) electrons. The Labute approximate surface area is 154 Å². The minimum Gasteiger partial charge on any atom is -0.460 e. The maximum absolute atomic E-state index is 12.2. The number of alkyl carbamates (subject to hydrolysis) is 1. The molecule has 9 heteroatoms. The number of amides is 1. The molecule has 1 amide bonds. The van der Waals surface area contributed by atoms with Crippen LogP contribution < -0.4 is 5.32 Å². The Morgan fingerprint density at radius 2 is 1.77 bits per heavy atom. The molecule has 0 aromatic rings. The van der Waals surface area contributed by atoms with Crippen LogP contribution in [0.3, 0.4) is 0 Å². The zero-order valence-corrected chi connectivity index (χ0v) is 15.8. The third-order valence-corrected chi connectivity index (χ3v) is 2.62. The van der Waals surface area contributed by atoms with Crippen LogP contribution in [0.25, 0.3) is 5.53 Å². The van der Waals surface area contributed by atoms with Gasteiger partial charge in [-0.3, -0.25) is 0 Å². The van der Waals surface area contributed by atoms with Crippen molar-refractivity contribution < 1.29 is 34.8 Å². The first-order chi connectivity index (χ1) is 12.5. The van der Waals surface area contributed by atoms with Crippen LogP contribution in [0.5, 0.6) is 0 Å². The number of hydrogen-bond acceptors (Lipinski definition) is 6. The molecule has 0 aliphatic carbocycles. The highest BCUT2D eigenvalue weighted by Crippen LogP contribution is 2.10. The Morgan fingerprint density at radius 1 is 1.19 bits per heavy atom. The van der Waals surface area contributed by atoms with Crippen LogP contribution in [0.2, 0.25) is 0 Å². The first kappa shape index (κ1) is 21.4. The van der Waals surface area contributed by atoms with E-state index in [1.807, 2.05) is 13.8 Å². The lowest BCUT2D eigenvalue weighted by Crippen LogP contribution is -2.45. The van der Waals surface area contributed by atoms with Crippen molar-refractivity contribution in [3.05, 3.63) is 17.7 Å². The van der Waals surface area contributed by atoms with Crippen LogP contribution in [0, 0.1) is 5.92 Å². The average molecular weight is 370 g/mol. The van der Waals surface area contributed by atoms with E-state index >= 15 is 0 Å². The topological polar surface area (TPSA) is 127 Å². The number of hydrogen-bond donors (Lipinski definition) is 1. The van der Waals surface area contributed by atoms with Gasteiger partial charge in [-0.05, 0) is 45.3 Å². The van der Waals surface area contributed by atoms with Crippen LogP contribution in [-0.2, 0) is 23.8 Å². The first-order valence-electron chi connectivity index (χ1n) is 8.63. The Morgan fingerprint density at radius 3 is 2.27 bits per heavy atom. The highest BCUT2D eigenvalue weighted by Gasteiger charge is 2.26. The summed E-state index contributed by atoms with van der Waals surface area (Å²) < 4.78 is 21.7. The number of ether oxygens (including phenoxy) is 3. The van der Waals surface area contributed by atoms with E-state index in [0.717, 1.165) is 0 Å². The quantitative estimate of drug-likeness (QED) is 0.165. The van der Waals surface area contributed by atoms with E-state index < -0.39 is 35.9 Å². The number of carbonyl (C=O) groups excluding carboxylic acids is 3. The van der Waals surface area contributed by atoms with Crippen molar-refractivity contribution in [1.29, 1.82) is 0 Å². The summed E-state index contributed by atoms with van der Waals surface area (Å²) in [5.74, 6) is -1.56. The number of nitrogens with zero attached hydrogens (tertiary/aromatic N) is 2. The monoisotopic (exact) mass is 370 g/mol. The van der Waals surface area contributed by atoms with Gasteiger partial charge in [-0.15, -0.1) is 0 Å². The predicted octanol–water partition coefficient (Wildman–Crippen LogP) is 1.87. The Kier molecular flexibility index (Phi) is 9.71. The summed E-state index contributed by atoms with van der Waals surface area (Å²) >= 11 is 0. The predicted molar refractivity (Wildman–Crippen MR) is 93.4 cm³/mol.